The molecule has 0 fully saturated rings. The number of anilines is 1. The van der Waals surface area contributed by atoms with Gasteiger partial charge in [0.1, 0.15) is 0 Å². The molecule has 2 N–H and O–H groups in total. The largest absolute Gasteiger partial charge is 0.384 e. The van der Waals surface area contributed by atoms with Crippen LogP contribution in [0.4, 0.5) is 5.69 Å². The molecule has 0 bridgehead atoms. The number of nitrogens with one attached hydrogen (secondary N) is 2. The first-order valence-corrected chi connectivity index (χ1v) is 7.46. The van der Waals surface area contributed by atoms with Gasteiger partial charge in [0, 0.05) is 23.5 Å². The van der Waals surface area contributed by atoms with E-state index in [2.05, 4.69) is 77.9 Å². The van der Waals surface area contributed by atoms with E-state index in [1.54, 1.807) is 0 Å². The minimum Gasteiger partial charge on any atom is -0.384 e. The Bertz CT molecular complexity index is 701. The van der Waals surface area contributed by atoms with Crippen molar-refractivity contribution in [3.8, 4) is 0 Å². The fourth-order valence-electron chi connectivity index (χ4n) is 2.72. The van der Waals surface area contributed by atoms with Crippen molar-refractivity contribution in [2.24, 2.45) is 5.92 Å². The zero-order valence-electron chi connectivity index (χ0n) is 12.5. The molecule has 0 aliphatic rings. The molecule has 0 radical (unpaired) electrons. The fourth-order valence-corrected chi connectivity index (χ4v) is 2.72. The van der Waals surface area contributed by atoms with Crippen LogP contribution in [0.1, 0.15) is 25.3 Å². The van der Waals surface area contributed by atoms with Crippen molar-refractivity contribution in [2.45, 2.75) is 19.8 Å². The van der Waals surface area contributed by atoms with E-state index in [9.17, 15) is 0 Å². The van der Waals surface area contributed by atoms with Crippen LogP contribution in [0.15, 0.2) is 54.7 Å². The number of aromatic amines is 1. The molecule has 0 saturated carbocycles. The molecule has 1 heterocycles. The Balaban J connectivity index is 1.74. The van der Waals surface area contributed by atoms with Crippen molar-refractivity contribution in [1.82, 2.24) is 10.2 Å². The van der Waals surface area contributed by atoms with Crippen molar-refractivity contribution in [1.29, 1.82) is 0 Å². The Hall–Kier alpha value is -2.29. The van der Waals surface area contributed by atoms with E-state index in [0.29, 0.717) is 11.8 Å². The van der Waals surface area contributed by atoms with E-state index in [4.69, 9.17) is 0 Å². The second-order valence-corrected chi connectivity index (χ2v) is 5.81. The molecule has 1 atom stereocenters. The van der Waals surface area contributed by atoms with Gasteiger partial charge in [0.2, 0.25) is 0 Å². The molecule has 2 aromatic carbocycles. The van der Waals surface area contributed by atoms with Gasteiger partial charge in [-0.1, -0.05) is 44.2 Å². The summed E-state index contributed by atoms with van der Waals surface area (Å²) in [5.41, 5.74) is 3.61. The maximum absolute atomic E-state index is 4.06. The summed E-state index contributed by atoms with van der Waals surface area (Å²) in [6.07, 6.45) is 1.86. The number of hydrogen-bond acceptors (Lipinski definition) is 2. The first kappa shape index (κ1) is 13.7. The van der Waals surface area contributed by atoms with Gasteiger partial charge in [-0.25, -0.2) is 0 Å². The molecule has 0 aliphatic heterocycles. The number of aromatic nitrogens is 2. The summed E-state index contributed by atoms with van der Waals surface area (Å²) >= 11 is 0. The Morgan fingerprint density at radius 1 is 1.10 bits per heavy atom. The first-order valence-electron chi connectivity index (χ1n) is 7.46. The van der Waals surface area contributed by atoms with Gasteiger partial charge in [-0.3, -0.25) is 5.10 Å². The van der Waals surface area contributed by atoms with Crippen LogP contribution in [0, 0.1) is 5.92 Å². The lowest BCUT2D eigenvalue weighted by molar-refractivity contribution is 0.517. The maximum atomic E-state index is 4.06. The van der Waals surface area contributed by atoms with Crippen LogP contribution >= 0.6 is 0 Å². The number of hydrogen-bond donors (Lipinski definition) is 2. The number of fused-ring (bicyclic) bond motifs is 1. The predicted octanol–water partition coefficient (Wildman–Crippen LogP) is 4.41. The standard InChI is InChI=1S/C18H21N3/c1-13(2)17(14-6-4-3-5-7-14)12-19-16-8-9-18-15(10-16)11-20-21-18/h3-11,13,17,19H,12H2,1-2H3,(H,20,21). The lowest BCUT2D eigenvalue weighted by Gasteiger charge is -2.22. The fraction of sp³-hybridized carbons (Fsp3) is 0.278. The van der Waals surface area contributed by atoms with Crippen LogP contribution in [0.2, 0.25) is 0 Å². The molecule has 0 spiro atoms. The zero-order chi connectivity index (χ0) is 14.7. The molecule has 1 unspecified atom stereocenters. The van der Waals surface area contributed by atoms with Crippen molar-refractivity contribution >= 4 is 16.6 Å². The van der Waals surface area contributed by atoms with Crippen molar-refractivity contribution in [2.75, 3.05) is 11.9 Å². The summed E-state index contributed by atoms with van der Waals surface area (Å²) in [7, 11) is 0. The van der Waals surface area contributed by atoms with Gasteiger partial charge < -0.3 is 5.32 Å². The third-order valence-electron chi connectivity index (χ3n) is 4.00. The van der Waals surface area contributed by atoms with E-state index >= 15 is 0 Å². The summed E-state index contributed by atoms with van der Waals surface area (Å²) in [4.78, 5) is 0. The molecule has 0 amide bonds. The lowest BCUT2D eigenvalue weighted by atomic mass is 9.88. The minimum absolute atomic E-state index is 0.506. The normalized spacial score (nSPS) is 12.7. The summed E-state index contributed by atoms with van der Waals surface area (Å²) < 4.78 is 0. The Labute approximate surface area is 125 Å². The SMILES string of the molecule is CC(C)C(CNc1ccc2[nH]ncc2c1)c1ccccc1. The van der Waals surface area contributed by atoms with E-state index in [-0.39, 0.29) is 0 Å². The van der Waals surface area contributed by atoms with Crippen LogP contribution in [-0.4, -0.2) is 16.7 Å². The number of benzene rings is 2. The van der Waals surface area contributed by atoms with Crippen LogP contribution in [0.5, 0.6) is 0 Å². The summed E-state index contributed by atoms with van der Waals surface area (Å²) in [6.45, 7) is 5.49. The van der Waals surface area contributed by atoms with Crippen LogP contribution in [0.3, 0.4) is 0 Å². The number of nitrogens with zero attached hydrogens (tertiary/aromatic N) is 1. The molecule has 0 aliphatic carbocycles. The summed E-state index contributed by atoms with van der Waals surface area (Å²) in [6, 6.07) is 17.0. The highest BCUT2D eigenvalue weighted by Crippen LogP contribution is 2.25. The van der Waals surface area contributed by atoms with Gasteiger partial charge in [-0.05, 0) is 29.7 Å². The van der Waals surface area contributed by atoms with E-state index in [0.717, 1.165) is 23.1 Å². The smallest absolute Gasteiger partial charge is 0.0651 e. The maximum Gasteiger partial charge on any atom is 0.0651 e. The zero-order valence-corrected chi connectivity index (χ0v) is 12.5. The highest BCUT2D eigenvalue weighted by atomic mass is 15.1. The van der Waals surface area contributed by atoms with Crippen molar-refractivity contribution < 1.29 is 0 Å². The molecule has 3 nitrogen and oxygen atoms in total. The van der Waals surface area contributed by atoms with Gasteiger partial charge in [0.25, 0.3) is 0 Å². The monoisotopic (exact) mass is 279 g/mol. The topological polar surface area (TPSA) is 40.7 Å². The second kappa shape index (κ2) is 6.00. The van der Waals surface area contributed by atoms with Gasteiger partial charge in [0.15, 0.2) is 0 Å². The average Bonchev–Trinajstić information content (AvgIpc) is 2.96. The third-order valence-corrected chi connectivity index (χ3v) is 4.00. The minimum atomic E-state index is 0.506. The number of H-pyrrole nitrogens is 1. The Kier molecular flexibility index (Phi) is 3.91. The summed E-state index contributed by atoms with van der Waals surface area (Å²) in [5.74, 6) is 1.10. The molecule has 108 valence electrons. The molecular weight excluding hydrogens is 258 g/mol. The Morgan fingerprint density at radius 3 is 2.67 bits per heavy atom. The van der Waals surface area contributed by atoms with Gasteiger partial charge >= 0.3 is 0 Å². The molecular formula is C18H21N3. The molecule has 1 aromatic heterocycles. The molecule has 0 saturated heterocycles. The highest BCUT2D eigenvalue weighted by molar-refractivity contribution is 5.81. The second-order valence-electron chi connectivity index (χ2n) is 5.81. The molecule has 21 heavy (non-hydrogen) atoms. The van der Waals surface area contributed by atoms with E-state index in [1.165, 1.54) is 5.56 Å². The van der Waals surface area contributed by atoms with E-state index < -0.39 is 0 Å². The molecule has 3 rings (SSSR count). The number of rotatable bonds is 5. The van der Waals surface area contributed by atoms with Gasteiger partial charge in [-0.2, -0.15) is 5.10 Å². The predicted molar refractivity (Wildman–Crippen MR) is 88.6 cm³/mol. The van der Waals surface area contributed by atoms with Crippen molar-refractivity contribution in [3.63, 3.8) is 0 Å². The van der Waals surface area contributed by atoms with Crippen LogP contribution < -0.4 is 5.32 Å². The average molecular weight is 279 g/mol. The summed E-state index contributed by atoms with van der Waals surface area (Å²) in [5, 5.41) is 11.7. The van der Waals surface area contributed by atoms with Crippen molar-refractivity contribution in [3.05, 3.63) is 60.3 Å². The first-order chi connectivity index (χ1) is 10.2. The van der Waals surface area contributed by atoms with Crippen LogP contribution in [0.25, 0.3) is 10.9 Å². The third kappa shape index (κ3) is 3.07. The molecule has 3 aromatic rings. The molecule has 3 heteroatoms. The highest BCUT2D eigenvalue weighted by Gasteiger charge is 2.15. The van der Waals surface area contributed by atoms with Gasteiger partial charge in [-0.15, -0.1) is 0 Å². The van der Waals surface area contributed by atoms with E-state index in [1.807, 2.05) is 6.20 Å². The lowest BCUT2D eigenvalue weighted by Crippen LogP contribution is -2.17. The van der Waals surface area contributed by atoms with Crippen LogP contribution in [-0.2, 0) is 0 Å². The quantitative estimate of drug-likeness (QED) is 0.726. The van der Waals surface area contributed by atoms with Gasteiger partial charge in [0.05, 0.1) is 11.7 Å². The Morgan fingerprint density at radius 2 is 1.90 bits per heavy atom.